The van der Waals surface area contributed by atoms with Crippen molar-refractivity contribution < 1.29 is 19.1 Å². The molecular weight excluding hydrogens is 558 g/mol. The van der Waals surface area contributed by atoms with Gasteiger partial charge in [-0.25, -0.2) is 5.43 Å². The van der Waals surface area contributed by atoms with Crippen LogP contribution in [0.5, 0.6) is 11.5 Å². The van der Waals surface area contributed by atoms with Crippen molar-refractivity contribution in [1.29, 1.82) is 0 Å². The van der Waals surface area contributed by atoms with Gasteiger partial charge in [-0.15, -0.1) is 0 Å². The topological polar surface area (TPSA) is 89.0 Å². The van der Waals surface area contributed by atoms with Crippen LogP contribution in [-0.2, 0) is 17.8 Å². The minimum Gasteiger partial charge on any atom is -0.490 e. The second kappa shape index (κ2) is 13.9. The van der Waals surface area contributed by atoms with Crippen LogP contribution in [0.2, 0.25) is 0 Å². The molecule has 0 saturated carbocycles. The molecule has 0 aromatic heterocycles. The predicted octanol–water partition coefficient (Wildman–Crippen LogP) is 6.37. The van der Waals surface area contributed by atoms with Crippen molar-refractivity contribution in [3.05, 3.63) is 124 Å². The van der Waals surface area contributed by atoms with E-state index in [1.165, 1.54) is 6.21 Å². The third kappa shape index (κ3) is 8.28. The van der Waals surface area contributed by atoms with E-state index in [1.54, 1.807) is 30.3 Å². The van der Waals surface area contributed by atoms with Gasteiger partial charge in [0, 0.05) is 11.3 Å². The van der Waals surface area contributed by atoms with E-state index >= 15 is 0 Å². The van der Waals surface area contributed by atoms with Crippen LogP contribution in [0.4, 0.5) is 5.69 Å². The van der Waals surface area contributed by atoms with E-state index < -0.39 is 0 Å². The standard InChI is InChI=1S/C31H28BrN3O4/c1-2-38-28-18-24(17-27(32)30(28)39-21-23-11-7-4-8-12-23)20-33-35-31(37)25-13-15-26(16-14-25)34-29(36)19-22-9-5-3-6-10-22/h3-18,20H,2,19,21H2,1H3,(H,34,36)(H,35,37)/b33-20-. The number of anilines is 1. The summed E-state index contributed by atoms with van der Waals surface area (Å²) in [6.45, 7) is 2.77. The Morgan fingerprint density at radius 2 is 1.54 bits per heavy atom. The average molecular weight is 586 g/mol. The zero-order valence-corrected chi connectivity index (χ0v) is 23.0. The number of hydrazone groups is 1. The van der Waals surface area contributed by atoms with Gasteiger partial charge in [0.15, 0.2) is 11.5 Å². The van der Waals surface area contributed by atoms with Gasteiger partial charge < -0.3 is 14.8 Å². The number of carbonyl (C=O) groups excluding carboxylic acids is 2. The summed E-state index contributed by atoms with van der Waals surface area (Å²) in [4.78, 5) is 24.8. The van der Waals surface area contributed by atoms with Crippen molar-refractivity contribution >= 4 is 39.6 Å². The predicted molar refractivity (Wildman–Crippen MR) is 156 cm³/mol. The number of ether oxygens (including phenoxy) is 2. The summed E-state index contributed by atoms with van der Waals surface area (Å²) in [5.41, 5.74) is 6.24. The maximum absolute atomic E-state index is 12.6. The van der Waals surface area contributed by atoms with Crippen molar-refractivity contribution in [1.82, 2.24) is 5.43 Å². The maximum Gasteiger partial charge on any atom is 0.271 e. The van der Waals surface area contributed by atoms with Crippen LogP contribution in [0.3, 0.4) is 0 Å². The quantitative estimate of drug-likeness (QED) is 0.158. The summed E-state index contributed by atoms with van der Waals surface area (Å²) in [5, 5.41) is 6.93. The summed E-state index contributed by atoms with van der Waals surface area (Å²) in [5.74, 6) is 0.663. The zero-order chi connectivity index (χ0) is 27.5. The second-order valence-corrected chi connectivity index (χ2v) is 9.38. The van der Waals surface area contributed by atoms with Gasteiger partial charge in [-0.1, -0.05) is 60.7 Å². The van der Waals surface area contributed by atoms with Gasteiger partial charge in [-0.3, -0.25) is 9.59 Å². The molecule has 0 aliphatic heterocycles. The highest BCUT2D eigenvalue weighted by atomic mass is 79.9. The molecule has 0 fully saturated rings. The number of hydrogen-bond acceptors (Lipinski definition) is 5. The highest BCUT2D eigenvalue weighted by Crippen LogP contribution is 2.37. The first kappa shape index (κ1) is 27.6. The maximum atomic E-state index is 12.6. The van der Waals surface area contributed by atoms with Gasteiger partial charge in [0.1, 0.15) is 6.61 Å². The molecular formula is C31H28BrN3O4. The number of rotatable bonds is 11. The third-order valence-corrected chi connectivity index (χ3v) is 6.16. The van der Waals surface area contributed by atoms with Gasteiger partial charge >= 0.3 is 0 Å². The molecule has 0 spiro atoms. The van der Waals surface area contributed by atoms with E-state index in [9.17, 15) is 9.59 Å². The molecule has 4 rings (SSSR count). The number of benzene rings is 4. The molecule has 4 aromatic carbocycles. The minimum atomic E-state index is -0.375. The van der Waals surface area contributed by atoms with Crippen molar-refractivity contribution in [3.63, 3.8) is 0 Å². The molecule has 0 aliphatic rings. The summed E-state index contributed by atoms with van der Waals surface area (Å²) in [7, 11) is 0. The fourth-order valence-electron chi connectivity index (χ4n) is 3.72. The first-order chi connectivity index (χ1) is 19.0. The largest absolute Gasteiger partial charge is 0.490 e. The smallest absolute Gasteiger partial charge is 0.271 e. The Bertz CT molecular complexity index is 1430. The molecule has 0 heterocycles. The highest BCUT2D eigenvalue weighted by Gasteiger charge is 2.13. The summed E-state index contributed by atoms with van der Waals surface area (Å²) < 4.78 is 12.5. The van der Waals surface area contributed by atoms with Crippen molar-refractivity contribution in [2.45, 2.75) is 20.0 Å². The van der Waals surface area contributed by atoms with Crippen molar-refractivity contribution in [2.75, 3.05) is 11.9 Å². The molecule has 0 aliphatic carbocycles. The first-order valence-corrected chi connectivity index (χ1v) is 13.2. The lowest BCUT2D eigenvalue weighted by molar-refractivity contribution is -0.115. The van der Waals surface area contributed by atoms with E-state index in [-0.39, 0.29) is 18.2 Å². The molecule has 0 saturated heterocycles. The summed E-state index contributed by atoms with van der Waals surface area (Å²) in [6.07, 6.45) is 1.81. The Hall–Kier alpha value is -4.43. The Balaban J connectivity index is 1.34. The van der Waals surface area contributed by atoms with Gasteiger partial charge in [0.2, 0.25) is 5.91 Å². The van der Waals surface area contributed by atoms with Gasteiger partial charge in [-0.2, -0.15) is 5.10 Å². The molecule has 7 nitrogen and oxygen atoms in total. The molecule has 0 bridgehead atoms. The van der Waals surface area contributed by atoms with E-state index in [0.717, 1.165) is 11.1 Å². The normalized spacial score (nSPS) is 10.7. The fourth-order valence-corrected chi connectivity index (χ4v) is 4.29. The zero-order valence-electron chi connectivity index (χ0n) is 21.4. The van der Waals surface area contributed by atoms with Crippen LogP contribution in [-0.4, -0.2) is 24.6 Å². The van der Waals surface area contributed by atoms with E-state index in [2.05, 4.69) is 31.8 Å². The molecule has 0 atom stereocenters. The number of halogens is 1. The molecule has 0 radical (unpaired) electrons. The van der Waals surface area contributed by atoms with Crippen LogP contribution in [0.1, 0.15) is 34.0 Å². The number of nitrogens with one attached hydrogen (secondary N) is 2. The summed E-state index contributed by atoms with van der Waals surface area (Å²) in [6, 6.07) is 29.6. The van der Waals surface area contributed by atoms with E-state index in [1.807, 2.05) is 73.7 Å². The highest BCUT2D eigenvalue weighted by molar-refractivity contribution is 9.10. The van der Waals surface area contributed by atoms with Gasteiger partial charge in [0.05, 0.1) is 23.7 Å². The number of nitrogens with zero attached hydrogens (tertiary/aromatic N) is 1. The fraction of sp³-hybridized carbons (Fsp3) is 0.129. The van der Waals surface area contributed by atoms with Crippen LogP contribution in [0, 0.1) is 0 Å². The Kier molecular flexibility index (Phi) is 9.85. The molecule has 39 heavy (non-hydrogen) atoms. The second-order valence-electron chi connectivity index (χ2n) is 8.52. The lowest BCUT2D eigenvalue weighted by Gasteiger charge is -2.14. The number of amides is 2. The number of carbonyl (C=O) groups is 2. The Morgan fingerprint density at radius 3 is 2.21 bits per heavy atom. The first-order valence-electron chi connectivity index (χ1n) is 12.4. The van der Waals surface area contributed by atoms with E-state index in [4.69, 9.17) is 9.47 Å². The third-order valence-electron chi connectivity index (χ3n) is 5.58. The van der Waals surface area contributed by atoms with E-state index in [0.29, 0.717) is 46.0 Å². The molecule has 8 heteroatoms. The average Bonchev–Trinajstić information content (AvgIpc) is 2.94. The lowest BCUT2D eigenvalue weighted by atomic mass is 10.1. The molecule has 2 N–H and O–H groups in total. The van der Waals surface area contributed by atoms with Crippen LogP contribution < -0.4 is 20.2 Å². The SMILES string of the molecule is CCOc1cc(/C=N\NC(=O)c2ccc(NC(=O)Cc3ccccc3)cc2)cc(Br)c1OCc1ccccc1. The molecule has 4 aromatic rings. The minimum absolute atomic E-state index is 0.128. The molecule has 2 amide bonds. The van der Waals surface area contributed by atoms with Gasteiger partial charge in [0.25, 0.3) is 5.91 Å². The van der Waals surface area contributed by atoms with Crippen molar-refractivity contribution in [3.8, 4) is 11.5 Å². The van der Waals surface area contributed by atoms with Crippen LogP contribution in [0.25, 0.3) is 0 Å². The summed E-state index contributed by atoms with van der Waals surface area (Å²) >= 11 is 3.56. The molecule has 0 unspecified atom stereocenters. The van der Waals surface area contributed by atoms with Crippen molar-refractivity contribution in [2.24, 2.45) is 5.10 Å². The lowest BCUT2D eigenvalue weighted by Crippen LogP contribution is -2.18. The van der Waals surface area contributed by atoms with Crippen LogP contribution >= 0.6 is 15.9 Å². The molecule has 198 valence electrons. The van der Waals surface area contributed by atoms with Gasteiger partial charge in [-0.05, 0) is 75.9 Å². The Labute approximate surface area is 236 Å². The Morgan fingerprint density at radius 1 is 0.872 bits per heavy atom. The number of hydrogen-bond donors (Lipinski definition) is 2. The monoisotopic (exact) mass is 585 g/mol. The van der Waals surface area contributed by atoms with Crippen LogP contribution in [0.15, 0.2) is 107 Å².